The first kappa shape index (κ1) is 17.0. The number of quaternary nitrogens is 1. The first-order valence-corrected chi connectivity index (χ1v) is 10.0. The van der Waals surface area contributed by atoms with Crippen molar-refractivity contribution in [3.63, 3.8) is 0 Å². The highest BCUT2D eigenvalue weighted by Gasteiger charge is 2.40. The molecule has 136 valence electrons. The summed E-state index contributed by atoms with van der Waals surface area (Å²) in [5.74, 6) is 2.63. The van der Waals surface area contributed by atoms with E-state index in [1.54, 1.807) is 4.90 Å². The zero-order chi connectivity index (χ0) is 17.1. The minimum atomic E-state index is 0.242. The summed E-state index contributed by atoms with van der Waals surface area (Å²) in [4.78, 5) is 14.0. The second-order valence-corrected chi connectivity index (χ2v) is 8.22. The fourth-order valence-electron chi connectivity index (χ4n) is 5.14. The summed E-state index contributed by atoms with van der Waals surface area (Å²) >= 11 is 0. The second kappa shape index (κ2) is 7.88. The maximum atomic E-state index is 12.4. The van der Waals surface area contributed by atoms with Crippen molar-refractivity contribution in [1.82, 2.24) is 5.32 Å². The van der Waals surface area contributed by atoms with Crippen LogP contribution in [0.4, 0.5) is 0 Å². The highest BCUT2D eigenvalue weighted by atomic mass is 16.5. The molecule has 1 aromatic rings. The Bertz CT molecular complexity index is 597. The Balaban J connectivity index is 1.29. The molecule has 25 heavy (non-hydrogen) atoms. The fraction of sp³-hybridized carbons (Fsp3) is 0.667. The van der Waals surface area contributed by atoms with Crippen LogP contribution >= 0.6 is 0 Å². The molecule has 2 saturated carbocycles. The van der Waals surface area contributed by atoms with Gasteiger partial charge in [0.15, 0.2) is 0 Å². The largest absolute Gasteiger partial charge is 0.370 e. The molecule has 4 heteroatoms. The molecule has 4 rings (SSSR count). The van der Waals surface area contributed by atoms with Gasteiger partial charge in [-0.05, 0) is 42.6 Å². The van der Waals surface area contributed by atoms with E-state index in [9.17, 15) is 4.79 Å². The predicted molar refractivity (Wildman–Crippen MR) is 97.1 cm³/mol. The van der Waals surface area contributed by atoms with Gasteiger partial charge in [0.25, 0.3) is 0 Å². The number of ether oxygens (including phenoxy) is 1. The molecule has 1 aliphatic heterocycles. The van der Waals surface area contributed by atoms with Crippen molar-refractivity contribution in [2.24, 2.45) is 17.8 Å². The zero-order valence-electron chi connectivity index (χ0n) is 15.1. The van der Waals surface area contributed by atoms with Gasteiger partial charge >= 0.3 is 0 Å². The number of nitrogens with one attached hydrogen (secondary N) is 2. The average molecular weight is 343 g/mol. The number of fused-ring (bicyclic) bond motifs is 2. The van der Waals surface area contributed by atoms with Gasteiger partial charge in [0.05, 0.1) is 13.2 Å². The molecule has 0 unspecified atom stereocenters. The lowest BCUT2D eigenvalue weighted by molar-refractivity contribution is -0.921. The van der Waals surface area contributed by atoms with Crippen LogP contribution in [0.2, 0.25) is 0 Å². The molecule has 0 radical (unpaired) electrons. The topological polar surface area (TPSA) is 42.8 Å². The smallest absolute Gasteiger partial charge is 0.220 e. The van der Waals surface area contributed by atoms with Crippen LogP contribution in [0, 0.1) is 17.8 Å². The van der Waals surface area contributed by atoms with Crippen LogP contribution < -0.4 is 10.2 Å². The highest BCUT2D eigenvalue weighted by molar-refractivity contribution is 5.76. The van der Waals surface area contributed by atoms with Crippen molar-refractivity contribution in [3.8, 4) is 0 Å². The molecule has 3 fully saturated rings. The monoisotopic (exact) mass is 343 g/mol. The van der Waals surface area contributed by atoms with Gasteiger partial charge in [-0.15, -0.1) is 0 Å². The quantitative estimate of drug-likeness (QED) is 0.823. The normalized spacial score (nSPS) is 29.0. The Morgan fingerprint density at radius 3 is 2.64 bits per heavy atom. The van der Waals surface area contributed by atoms with E-state index < -0.39 is 0 Å². The Kier molecular flexibility index (Phi) is 5.37. The summed E-state index contributed by atoms with van der Waals surface area (Å²) in [5, 5.41) is 3.19. The number of amides is 1. The van der Waals surface area contributed by atoms with Crippen molar-refractivity contribution in [3.05, 3.63) is 35.4 Å². The number of carbonyl (C=O) groups is 1. The SMILES string of the molecule is O=C(C[C@H]1C[C@@H]2CC[C@@H]1C2)NCc1ccccc1C[NH+]1CCOCC1. The molecule has 1 aromatic carbocycles. The number of hydrogen-bond acceptors (Lipinski definition) is 2. The van der Waals surface area contributed by atoms with E-state index in [0.29, 0.717) is 12.5 Å². The average Bonchev–Trinajstić information content (AvgIpc) is 3.25. The number of hydrogen-bond donors (Lipinski definition) is 2. The van der Waals surface area contributed by atoms with Gasteiger partial charge in [-0.2, -0.15) is 0 Å². The second-order valence-electron chi connectivity index (χ2n) is 8.22. The molecule has 0 aromatic heterocycles. The highest BCUT2D eigenvalue weighted by Crippen LogP contribution is 2.49. The molecule has 1 amide bonds. The number of rotatable bonds is 6. The van der Waals surface area contributed by atoms with Gasteiger partial charge in [0.2, 0.25) is 5.91 Å². The Morgan fingerprint density at radius 2 is 1.92 bits per heavy atom. The van der Waals surface area contributed by atoms with Gasteiger partial charge in [-0.25, -0.2) is 0 Å². The first-order valence-electron chi connectivity index (χ1n) is 10.0. The van der Waals surface area contributed by atoms with E-state index in [4.69, 9.17) is 4.74 Å². The summed E-state index contributed by atoms with van der Waals surface area (Å²) in [6, 6.07) is 8.55. The van der Waals surface area contributed by atoms with E-state index in [0.717, 1.165) is 51.1 Å². The molecule has 2 N–H and O–H groups in total. The third-order valence-corrected chi connectivity index (χ3v) is 6.57. The standard InChI is InChI=1S/C21H30N2O2/c24-21(13-20-12-16-5-6-17(20)11-16)22-14-18-3-1-2-4-19(18)15-23-7-9-25-10-8-23/h1-4,16-17,20H,5-15H2,(H,22,24)/p+1/t16-,17-,20-/m1/s1. The third-order valence-electron chi connectivity index (χ3n) is 6.57. The first-order chi connectivity index (χ1) is 12.3. The van der Waals surface area contributed by atoms with Gasteiger partial charge in [0, 0.05) is 18.5 Å². The van der Waals surface area contributed by atoms with Crippen molar-refractivity contribution in [2.45, 2.75) is 45.2 Å². The van der Waals surface area contributed by atoms with Crippen LogP contribution in [-0.4, -0.2) is 32.2 Å². The lowest BCUT2D eigenvalue weighted by atomic mass is 9.86. The Hall–Kier alpha value is -1.39. The maximum absolute atomic E-state index is 12.4. The van der Waals surface area contributed by atoms with Crippen LogP contribution in [0.15, 0.2) is 24.3 Å². The predicted octanol–water partition coefficient (Wildman–Crippen LogP) is 1.54. The van der Waals surface area contributed by atoms with Crippen molar-refractivity contribution in [2.75, 3.05) is 26.3 Å². The summed E-state index contributed by atoms with van der Waals surface area (Å²) in [6.07, 6.45) is 6.16. The lowest BCUT2D eigenvalue weighted by Crippen LogP contribution is -3.12. The number of benzene rings is 1. The third kappa shape index (κ3) is 4.24. The Labute approximate surface area is 150 Å². The van der Waals surface area contributed by atoms with E-state index >= 15 is 0 Å². The molecule has 3 atom stereocenters. The molecule has 2 bridgehead atoms. The van der Waals surface area contributed by atoms with Crippen molar-refractivity contribution >= 4 is 5.91 Å². The molecule has 4 nitrogen and oxygen atoms in total. The van der Waals surface area contributed by atoms with E-state index in [1.807, 2.05) is 0 Å². The molecular formula is C21H31N2O2+. The van der Waals surface area contributed by atoms with Gasteiger partial charge < -0.3 is 15.0 Å². The summed E-state index contributed by atoms with van der Waals surface area (Å²) in [5.41, 5.74) is 2.63. The molecule has 0 spiro atoms. The molecule has 3 aliphatic rings. The molecule has 1 saturated heterocycles. The molecular weight excluding hydrogens is 312 g/mol. The van der Waals surface area contributed by atoms with E-state index in [1.165, 1.54) is 36.8 Å². The van der Waals surface area contributed by atoms with Crippen LogP contribution in [0.5, 0.6) is 0 Å². The van der Waals surface area contributed by atoms with Gasteiger partial charge in [0.1, 0.15) is 19.6 Å². The van der Waals surface area contributed by atoms with E-state index in [2.05, 4.69) is 29.6 Å². The van der Waals surface area contributed by atoms with E-state index in [-0.39, 0.29) is 5.91 Å². The molecule has 1 heterocycles. The molecule has 2 aliphatic carbocycles. The van der Waals surface area contributed by atoms with Crippen molar-refractivity contribution in [1.29, 1.82) is 0 Å². The van der Waals surface area contributed by atoms with Gasteiger partial charge in [-0.3, -0.25) is 4.79 Å². The lowest BCUT2D eigenvalue weighted by Gasteiger charge is -2.25. The summed E-state index contributed by atoms with van der Waals surface area (Å²) < 4.78 is 5.45. The van der Waals surface area contributed by atoms with Crippen LogP contribution in [0.1, 0.15) is 43.2 Å². The fourth-order valence-corrected chi connectivity index (χ4v) is 5.14. The minimum Gasteiger partial charge on any atom is -0.370 e. The summed E-state index contributed by atoms with van der Waals surface area (Å²) in [6.45, 7) is 5.56. The number of carbonyl (C=O) groups excluding carboxylic acids is 1. The minimum absolute atomic E-state index is 0.242. The Morgan fingerprint density at radius 1 is 1.12 bits per heavy atom. The van der Waals surface area contributed by atoms with Gasteiger partial charge in [-0.1, -0.05) is 30.7 Å². The zero-order valence-corrected chi connectivity index (χ0v) is 15.1. The van der Waals surface area contributed by atoms with Crippen LogP contribution in [0.25, 0.3) is 0 Å². The summed E-state index contributed by atoms with van der Waals surface area (Å²) in [7, 11) is 0. The van der Waals surface area contributed by atoms with Crippen LogP contribution in [-0.2, 0) is 22.6 Å². The maximum Gasteiger partial charge on any atom is 0.220 e. The number of morpholine rings is 1. The van der Waals surface area contributed by atoms with Crippen molar-refractivity contribution < 1.29 is 14.4 Å². The van der Waals surface area contributed by atoms with Crippen LogP contribution in [0.3, 0.4) is 0 Å².